The first-order valence-corrected chi connectivity index (χ1v) is 13.1. The Morgan fingerprint density at radius 1 is 0.839 bits per heavy atom. The van der Waals surface area contributed by atoms with Crippen molar-refractivity contribution in [2.75, 3.05) is 59.3 Å². The smallest absolute Gasteiger partial charge is 0.407 e. The van der Waals surface area contributed by atoms with Gasteiger partial charge in [0.1, 0.15) is 0 Å². The van der Waals surface area contributed by atoms with E-state index in [1.54, 1.807) is 21.6 Å². The molecule has 2 N–H and O–H groups in total. The number of rotatable bonds is 19. The van der Waals surface area contributed by atoms with E-state index in [-0.39, 0.29) is 10.7 Å². The lowest BCUT2D eigenvalue weighted by Gasteiger charge is -2.23. The fourth-order valence-corrected chi connectivity index (χ4v) is 4.21. The highest BCUT2D eigenvalue weighted by atomic mass is 33.1. The van der Waals surface area contributed by atoms with Crippen LogP contribution in [0.3, 0.4) is 0 Å². The van der Waals surface area contributed by atoms with Crippen molar-refractivity contribution in [3.63, 3.8) is 0 Å². The van der Waals surface area contributed by atoms with Crippen molar-refractivity contribution < 1.29 is 28.5 Å². The lowest BCUT2D eigenvalue weighted by atomic mass is 10.1. The lowest BCUT2D eigenvalue weighted by Crippen LogP contribution is -2.32. The minimum atomic E-state index is -0.422. The Bertz CT molecular complexity index is 479. The molecular formula is C21H42N2O6S2. The Morgan fingerprint density at radius 2 is 1.35 bits per heavy atom. The van der Waals surface area contributed by atoms with Crippen molar-refractivity contribution in [3.05, 3.63) is 0 Å². The molecular weight excluding hydrogens is 440 g/mol. The fourth-order valence-electron chi connectivity index (χ4n) is 2.03. The number of alkyl carbamates (subject to hydrolysis) is 1. The van der Waals surface area contributed by atoms with E-state index in [0.717, 1.165) is 0 Å². The normalized spacial score (nSPS) is 11.7. The third-order valence-corrected chi connectivity index (χ3v) is 7.30. The number of amides is 2. The van der Waals surface area contributed by atoms with Crippen molar-refractivity contribution in [2.24, 2.45) is 5.92 Å². The Morgan fingerprint density at radius 3 is 1.87 bits per heavy atom. The van der Waals surface area contributed by atoms with Crippen LogP contribution >= 0.6 is 21.6 Å². The van der Waals surface area contributed by atoms with E-state index >= 15 is 0 Å². The number of hydrogen-bond acceptors (Lipinski definition) is 8. The summed E-state index contributed by atoms with van der Waals surface area (Å²) in [6, 6.07) is 0. The third-order valence-electron chi connectivity index (χ3n) is 3.43. The Kier molecular flexibility index (Phi) is 18.4. The molecule has 0 saturated carbocycles. The van der Waals surface area contributed by atoms with E-state index in [1.807, 2.05) is 13.8 Å². The zero-order valence-corrected chi connectivity index (χ0v) is 21.6. The topological polar surface area (TPSA) is 95.1 Å². The molecule has 0 fully saturated rings. The van der Waals surface area contributed by atoms with Gasteiger partial charge in [0.25, 0.3) is 0 Å². The molecule has 0 unspecified atom stereocenters. The van der Waals surface area contributed by atoms with Crippen LogP contribution in [0.2, 0.25) is 0 Å². The molecule has 0 aromatic rings. The molecule has 0 aliphatic carbocycles. The standard InChI is InChI=1S/C21H42N2O6S2/c1-17(2)16-29-20(25)23-8-10-27-12-14-28-13-11-26-9-7-22-19(24)15-21(5,6)31-30-18(3)4/h17-18H,7-16H2,1-6H3,(H,22,24)(H,23,25). The van der Waals surface area contributed by atoms with E-state index in [0.29, 0.717) is 76.9 Å². The van der Waals surface area contributed by atoms with Gasteiger partial charge >= 0.3 is 6.09 Å². The van der Waals surface area contributed by atoms with Crippen LogP contribution in [0.25, 0.3) is 0 Å². The molecule has 184 valence electrons. The van der Waals surface area contributed by atoms with Gasteiger partial charge < -0.3 is 29.6 Å². The van der Waals surface area contributed by atoms with Crippen LogP contribution in [0.5, 0.6) is 0 Å². The van der Waals surface area contributed by atoms with Gasteiger partial charge in [0.2, 0.25) is 5.91 Å². The molecule has 0 rings (SSSR count). The molecule has 10 heteroatoms. The van der Waals surface area contributed by atoms with Gasteiger partial charge in [-0.15, -0.1) is 0 Å². The molecule has 0 radical (unpaired) electrons. The summed E-state index contributed by atoms with van der Waals surface area (Å²) in [7, 11) is 3.55. The molecule has 0 heterocycles. The maximum atomic E-state index is 12.0. The van der Waals surface area contributed by atoms with Gasteiger partial charge in [-0.2, -0.15) is 0 Å². The van der Waals surface area contributed by atoms with Gasteiger partial charge in [-0.05, 0) is 19.8 Å². The van der Waals surface area contributed by atoms with Gasteiger partial charge in [-0.3, -0.25) is 4.79 Å². The SMILES string of the molecule is CC(C)COC(=O)NCCOCCOCCOCCNC(=O)CC(C)(C)SSC(C)C. The highest BCUT2D eigenvalue weighted by Gasteiger charge is 2.23. The molecule has 0 bridgehead atoms. The third kappa shape index (κ3) is 22.3. The molecule has 8 nitrogen and oxygen atoms in total. The van der Waals surface area contributed by atoms with Crippen LogP contribution in [0, 0.1) is 5.92 Å². The Balaban J connectivity index is 3.41. The molecule has 2 amide bonds. The number of hydrogen-bond donors (Lipinski definition) is 2. The van der Waals surface area contributed by atoms with Crippen LogP contribution < -0.4 is 10.6 Å². The quantitative estimate of drug-likeness (QED) is 0.213. The van der Waals surface area contributed by atoms with Crippen molar-refractivity contribution in [3.8, 4) is 0 Å². The summed E-state index contributed by atoms with van der Waals surface area (Å²) in [6.07, 6.45) is 0.0596. The van der Waals surface area contributed by atoms with Crippen molar-refractivity contribution in [1.82, 2.24) is 10.6 Å². The molecule has 0 atom stereocenters. The fraction of sp³-hybridized carbons (Fsp3) is 0.905. The summed E-state index contributed by atoms with van der Waals surface area (Å²) in [4.78, 5) is 23.3. The summed E-state index contributed by atoms with van der Waals surface area (Å²) in [5, 5.41) is 6.05. The van der Waals surface area contributed by atoms with Crippen LogP contribution in [0.15, 0.2) is 0 Å². The molecule has 0 spiro atoms. The second-order valence-electron chi connectivity index (χ2n) is 8.27. The van der Waals surface area contributed by atoms with Crippen molar-refractivity contribution in [2.45, 2.75) is 58.0 Å². The minimum absolute atomic E-state index is 0.0431. The molecule has 0 aromatic heterocycles. The highest BCUT2D eigenvalue weighted by molar-refractivity contribution is 8.77. The van der Waals surface area contributed by atoms with E-state index < -0.39 is 6.09 Å². The molecule has 0 saturated heterocycles. The van der Waals surface area contributed by atoms with Crippen LogP contribution in [0.1, 0.15) is 48.0 Å². The van der Waals surface area contributed by atoms with Crippen molar-refractivity contribution >= 4 is 33.6 Å². The van der Waals surface area contributed by atoms with Crippen LogP contribution in [0.4, 0.5) is 4.79 Å². The van der Waals surface area contributed by atoms with Crippen molar-refractivity contribution in [1.29, 1.82) is 0 Å². The zero-order valence-electron chi connectivity index (χ0n) is 20.0. The van der Waals surface area contributed by atoms with Gasteiger partial charge in [0.05, 0.1) is 46.2 Å². The average molecular weight is 483 g/mol. The zero-order chi connectivity index (χ0) is 23.5. The summed E-state index contributed by atoms with van der Waals surface area (Å²) < 4.78 is 21.1. The lowest BCUT2D eigenvalue weighted by molar-refractivity contribution is -0.121. The second kappa shape index (κ2) is 18.8. The highest BCUT2D eigenvalue weighted by Crippen LogP contribution is 2.40. The number of carbonyl (C=O) groups is 2. The summed E-state index contributed by atoms with van der Waals surface area (Å²) in [6.45, 7) is 16.4. The molecule has 31 heavy (non-hydrogen) atoms. The number of nitrogens with one attached hydrogen (secondary N) is 2. The van der Waals surface area contributed by atoms with E-state index in [2.05, 4.69) is 38.3 Å². The maximum absolute atomic E-state index is 12.0. The molecule has 0 aliphatic heterocycles. The van der Waals surface area contributed by atoms with E-state index in [1.165, 1.54) is 0 Å². The van der Waals surface area contributed by atoms with Gasteiger partial charge in [0.15, 0.2) is 0 Å². The predicted octanol–water partition coefficient (Wildman–Crippen LogP) is 3.49. The Labute approximate surface area is 196 Å². The molecule has 0 aliphatic rings. The first kappa shape index (κ1) is 30.3. The summed E-state index contributed by atoms with van der Waals surface area (Å²) in [5.41, 5.74) is 0. The van der Waals surface area contributed by atoms with Crippen LogP contribution in [-0.2, 0) is 23.7 Å². The second-order valence-corrected chi connectivity index (χ2v) is 11.8. The van der Waals surface area contributed by atoms with Gasteiger partial charge in [0, 0.05) is 29.5 Å². The summed E-state index contributed by atoms with van der Waals surface area (Å²) in [5.74, 6) is 0.360. The monoisotopic (exact) mass is 482 g/mol. The first-order chi connectivity index (χ1) is 14.6. The summed E-state index contributed by atoms with van der Waals surface area (Å²) >= 11 is 0. The number of ether oxygens (including phenoxy) is 4. The van der Waals surface area contributed by atoms with E-state index in [4.69, 9.17) is 18.9 Å². The molecule has 0 aromatic carbocycles. The maximum Gasteiger partial charge on any atom is 0.407 e. The first-order valence-electron chi connectivity index (χ1n) is 10.9. The van der Waals surface area contributed by atoms with Crippen LogP contribution in [-0.4, -0.2) is 81.3 Å². The Hall–Kier alpha value is -0.680. The average Bonchev–Trinajstić information content (AvgIpc) is 2.68. The van der Waals surface area contributed by atoms with Gasteiger partial charge in [-0.25, -0.2) is 4.79 Å². The predicted molar refractivity (Wildman–Crippen MR) is 129 cm³/mol. The minimum Gasteiger partial charge on any atom is -0.449 e. The number of carbonyl (C=O) groups excluding carboxylic acids is 2. The van der Waals surface area contributed by atoms with Gasteiger partial charge in [-0.1, -0.05) is 49.3 Å². The largest absolute Gasteiger partial charge is 0.449 e. The van der Waals surface area contributed by atoms with E-state index in [9.17, 15) is 9.59 Å².